The average molecular weight is 348 g/mol. The van der Waals surface area contributed by atoms with Crippen molar-refractivity contribution in [1.29, 1.82) is 0 Å². The van der Waals surface area contributed by atoms with Gasteiger partial charge >= 0.3 is 0 Å². The van der Waals surface area contributed by atoms with Crippen molar-refractivity contribution in [3.05, 3.63) is 46.2 Å². The van der Waals surface area contributed by atoms with E-state index in [4.69, 9.17) is 0 Å². The zero-order valence-corrected chi connectivity index (χ0v) is 15.8. The van der Waals surface area contributed by atoms with Crippen LogP contribution >= 0.6 is 0 Å². The van der Waals surface area contributed by atoms with Gasteiger partial charge < -0.3 is 0 Å². The summed E-state index contributed by atoms with van der Waals surface area (Å²) in [5.74, 6) is 6.88. The Morgan fingerprint density at radius 1 is 1.38 bits per heavy atom. The molecule has 0 aliphatic carbocycles. The number of hydrogen-bond donors (Lipinski definition) is 0. The predicted molar refractivity (Wildman–Crippen MR) is 106 cm³/mol. The van der Waals surface area contributed by atoms with Crippen molar-refractivity contribution in [2.45, 2.75) is 47.1 Å². The third-order valence-electron chi connectivity index (χ3n) is 4.52. The minimum atomic E-state index is -0.00494. The summed E-state index contributed by atoms with van der Waals surface area (Å²) in [5.41, 5.74) is 1.94. The second-order valence-corrected chi connectivity index (χ2v) is 7.25. The summed E-state index contributed by atoms with van der Waals surface area (Å²) >= 11 is 0. The van der Waals surface area contributed by atoms with E-state index in [9.17, 15) is 4.79 Å². The van der Waals surface area contributed by atoms with Crippen LogP contribution in [0.4, 0.5) is 0 Å². The van der Waals surface area contributed by atoms with Crippen LogP contribution in [0.1, 0.15) is 45.6 Å². The Balaban J connectivity index is 2.05. The second-order valence-electron chi connectivity index (χ2n) is 7.25. The first-order valence-electron chi connectivity index (χ1n) is 9.03. The Morgan fingerprint density at radius 2 is 2.19 bits per heavy atom. The molecule has 0 aromatic carbocycles. The number of hydrogen-bond acceptors (Lipinski definition) is 4. The topological polar surface area (TPSA) is 60.1 Å². The number of nitrogens with zero attached hydrogens (tertiary/aromatic N) is 4. The van der Waals surface area contributed by atoms with E-state index in [2.05, 4.69) is 40.6 Å². The molecule has 0 N–H and O–H groups in total. The average Bonchev–Trinajstić information content (AvgIpc) is 2.59. The summed E-state index contributed by atoms with van der Waals surface area (Å²) in [5, 5.41) is 0.551. The van der Waals surface area contributed by atoms with Crippen molar-refractivity contribution in [2.75, 3.05) is 6.54 Å². The first-order valence-corrected chi connectivity index (χ1v) is 9.03. The summed E-state index contributed by atoms with van der Waals surface area (Å²) in [6.45, 7) is 9.71. The van der Waals surface area contributed by atoms with Gasteiger partial charge in [-0.1, -0.05) is 19.9 Å². The van der Waals surface area contributed by atoms with Gasteiger partial charge in [0.1, 0.15) is 17.2 Å². The maximum Gasteiger partial charge on any atom is 0.263 e. The maximum absolute atomic E-state index is 12.8. The monoisotopic (exact) mass is 348 g/mol. The third kappa shape index (κ3) is 3.75. The number of allylic oxidation sites excluding steroid dienone is 2. The number of aromatic nitrogens is 3. The lowest BCUT2D eigenvalue weighted by Crippen LogP contribution is -2.35. The molecular formula is C21H24N4O. The number of fused-ring (bicyclic) bond motifs is 2. The van der Waals surface area contributed by atoms with Crippen molar-refractivity contribution < 1.29 is 0 Å². The van der Waals surface area contributed by atoms with Crippen molar-refractivity contribution in [2.24, 2.45) is 10.4 Å². The molecule has 1 aliphatic rings. The molecule has 0 spiro atoms. The standard InChI is InChI=1S/C21H24N4O/c1-5-7-15(22-6-2)8-9-16-10-11-17-19(23-16)24-18-14-21(3,4)12-13-25(18)20(17)26/h5,7,10-11H,6,12-14H2,1-4H3/b7-5-,22-15?. The van der Waals surface area contributed by atoms with Crippen LogP contribution in [-0.4, -0.2) is 26.8 Å². The molecule has 0 unspecified atom stereocenters. The quantitative estimate of drug-likeness (QED) is 0.619. The Kier molecular flexibility index (Phi) is 5.03. The highest BCUT2D eigenvalue weighted by Gasteiger charge is 2.27. The lowest BCUT2D eigenvalue weighted by Gasteiger charge is -2.31. The molecule has 5 heteroatoms. The third-order valence-corrected chi connectivity index (χ3v) is 4.52. The maximum atomic E-state index is 12.8. The SMILES string of the molecule is C/C=C\C(C#Cc1ccc2c(=O)n3c(nc2n1)CC(C)(C)CC3)=NCC. The predicted octanol–water partition coefficient (Wildman–Crippen LogP) is 3.15. The van der Waals surface area contributed by atoms with E-state index in [-0.39, 0.29) is 11.0 Å². The fourth-order valence-electron chi connectivity index (χ4n) is 3.10. The zero-order valence-electron chi connectivity index (χ0n) is 15.8. The van der Waals surface area contributed by atoms with Gasteiger partial charge in [-0.3, -0.25) is 14.4 Å². The van der Waals surface area contributed by atoms with Crippen LogP contribution < -0.4 is 5.56 Å². The molecule has 0 radical (unpaired) electrons. The molecule has 26 heavy (non-hydrogen) atoms. The van der Waals surface area contributed by atoms with Gasteiger partial charge in [-0.05, 0) is 55.7 Å². The van der Waals surface area contributed by atoms with Gasteiger partial charge in [-0.2, -0.15) is 0 Å². The smallest absolute Gasteiger partial charge is 0.263 e. The number of aliphatic imine (C=N–C) groups is 1. The van der Waals surface area contributed by atoms with Crippen LogP contribution in [-0.2, 0) is 13.0 Å². The van der Waals surface area contributed by atoms with Crippen LogP contribution in [0.3, 0.4) is 0 Å². The summed E-state index contributed by atoms with van der Waals surface area (Å²) in [6.07, 6.45) is 5.55. The number of pyridine rings is 1. The lowest BCUT2D eigenvalue weighted by atomic mass is 9.83. The van der Waals surface area contributed by atoms with Crippen LogP contribution in [0.25, 0.3) is 11.0 Å². The largest absolute Gasteiger partial charge is 0.296 e. The van der Waals surface area contributed by atoms with Gasteiger partial charge in [0.25, 0.3) is 5.56 Å². The highest BCUT2D eigenvalue weighted by molar-refractivity contribution is 6.09. The summed E-state index contributed by atoms with van der Waals surface area (Å²) in [6, 6.07) is 3.55. The van der Waals surface area contributed by atoms with E-state index in [1.165, 1.54) is 0 Å². The minimum Gasteiger partial charge on any atom is -0.296 e. The number of rotatable bonds is 2. The molecule has 0 atom stereocenters. The molecule has 3 heterocycles. The molecule has 2 aromatic heterocycles. The summed E-state index contributed by atoms with van der Waals surface area (Å²) in [7, 11) is 0. The van der Waals surface area contributed by atoms with Crippen LogP contribution in [0.2, 0.25) is 0 Å². The van der Waals surface area contributed by atoms with Crippen LogP contribution in [0.5, 0.6) is 0 Å². The molecule has 0 saturated carbocycles. The zero-order chi connectivity index (χ0) is 18.7. The van der Waals surface area contributed by atoms with E-state index in [0.29, 0.717) is 29.8 Å². The van der Waals surface area contributed by atoms with Gasteiger partial charge in [-0.25, -0.2) is 9.97 Å². The minimum absolute atomic E-state index is 0.00494. The normalized spacial score (nSPS) is 16.4. The van der Waals surface area contributed by atoms with Gasteiger partial charge in [-0.15, -0.1) is 0 Å². The molecule has 0 amide bonds. The summed E-state index contributed by atoms with van der Waals surface area (Å²) in [4.78, 5) is 26.3. The van der Waals surface area contributed by atoms with Crippen LogP contribution in [0, 0.1) is 17.3 Å². The molecular weight excluding hydrogens is 324 g/mol. The molecule has 134 valence electrons. The highest BCUT2D eigenvalue weighted by atomic mass is 16.1. The Labute approximate surface area is 153 Å². The van der Waals surface area contributed by atoms with E-state index in [0.717, 1.165) is 24.4 Å². The van der Waals surface area contributed by atoms with Gasteiger partial charge in [0.15, 0.2) is 5.65 Å². The molecule has 3 rings (SSSR count). The van der Waals surface area contributed by atoms with Crippen molar-refractivity contribution >= 4 is 16.7 Å². The molecule has 0 saturated heterocycles. The second kappa shape index (κ2) is 7.25. The molecule has 0 fully saturated rings. The Morgan fingerprint density at radius 3 is 2.92 bits per heavy atom. The Bertz CT molecular complexity index is 1020. The van der Waals surface area contributed by atoms with E-state index in [1.807, 2.05) is 26.0 Å². The molecule has 5 nitrogen and oxygen atoms in total. The van der Waals surface area contributed by atoms with Crippen molar-refractivity contribution in [3.63, 3.8) is 0 Å². The molecule has 0 bridgehead atoms. The van der Waals surface area contributed by atoms with E-state index in [1.54, 1.807) is 16.7 Å². The molecule has 1 aliphatic heterocycles. The van der Waals surface area contributed by atoms with E-state index >= 15 is 0 Å². The van der Waals surface area contributed by atoms with Crippen LogP contribution in [0.15, 0.2) is 34.1 Å². The fraction of sp³-hybridized carbons (Fsp3) is 0.429. The first-order chi connectivity index (χ1) is 12.4. The van der Waals surface area contributed by atoms with Crippen molar-refractivity contribution in [1.82, 2.24) is 14.5 Å². The molecule has 2 aromatic rings. The first kappa shape index (κ1) is 18.1. The lowest BCUT2D eigenvalue weighted by molar-refractivity contribution is 0.261. The van der Waals surface area contributed by atoms with Gasteiger partial charge in [0.05, 0.1) is 5.39 Å². The van der Waals surface area contributed by atoms with Crippen molar-refractivity contribution in [3.8, 4) is 11.8 Å². The van der Waals surface area contributed by atoms with Gasteiger partial charge in [0.2, 0.25) is 0 Å². The van der Waals surface area contributed by atoms with Gasteiger partial charge in [0, 0.05) is 19.5 Å². The Hall–Kier alpha value is -2.74. The van der Waals surface area contributed by atoms with E-state index < -0.39 is 0 Å². The fourth-order valence-corrected chi connectivity index (χ4v) is 3.10. The highest BCUT2D eigenvalue weighted by Crippen LogP contribution is 2.29. The summed E-state index contributed by atoms with van der Waals surface area (Å²) < 4.78 is 1.79.